The van der Waals surface area contributed by atoms with Gasteiger partial charge in [-0.2, -0.15) is 5.26 Å². The summed E-state index contributed by atoms with van der Waals surface area (Å²) in [6, 6.07) is 12.9. The van der Waals surface area contributed by atoms with Gasteiger partial charge in [0.05, 0.1) is 0 Å². The highest BCUT2D eigenvalue weighted by atomic mass is 16.1. The van der Waals surface area contributed by atoms with E-state index >= 15 is 0 Å². The zero-order valence-corrected chi connectivity index (χ0v) is 11.7. The van der Waals surface area contributed by atoms with E-state index in [1.165, 1.54) is 10.6 Å². The highest BCUT2D eigenvalue weighted by molar-refractivity contribution is 5.51. The van der Waals surface area contributed by atoms with Crippen molar-refractivity contribution in [3.63, 3.8) is 0 Å². The predicted octanol–water partition coefficient (Wildman–Crippen LogP) is 2.56. The summed E-state index contributed by atoms with van der Waals surface area (Å²) < 4.78 is 1.49. The van der Waals surface area contributed by atoms with Gasteiger partial charge in [-0.1, -0.05) is 0 Å². The lowest BCUT2D eigenvalue weighted by Gasteiger charge is -2.21. The monoisotopic (exact) mass is 267 g/mol. The molecule has 1 aromatic heterocycles. The van der Waals surface area contributed by atoms with Crippen LogP contribution in [0.3, 0.4) is 0 Å². The Labute approximate surface area is 118 Å². The fraction of sp³-hybridized carbons (Fsp3) is 0.250. The van der Waals surface area contributed by atoms with Crippen LogP contribution in [0.5, 0.6) is 0 Å². The molecule has 1 heterocycles. The molecule has 0 unspecified atom stereocenters. The van der Waals surface area contributed by atoms with E-state index < -0.39 is 0 Å². The van der Waals surface area contributed by atoms with Crippen LogP contribution in [0.15, 0.2) is 47.4 Å². The second-order valence-corrected chi connectivity index (χ2v) is 4.40. The van der Waals surface area contributed by atoms with Crippen molar-refractivity contribution >= 4 is 5.69 Å². The Morgan fingerprint density at radius 3 is 2.35 bits per heavy atom. The minimum Gasteiger partial charge on any atom is -0.372 e. The van der Waals surface area contributed by atoms with Gasteiger partial charge < -0.3 is 4.90 Å². The van der Waals surface area contributed by atoms with Gasteiger partial charge in [-0.25, -0.2) is 0 Å². The number of aromatic nitrogens is 1. The SMILES string of the molecule is CCN(CC)c1ccc(-n2cccc(C#N)c2=O)cc1. The van der Waals surface area contributed by atoms with E-state index in [9.17, 15) is 4.79 Å². The molecule has 0 aliphatic carbocycles. The lowest BCUT2D eigenvalue weighted by atomic mass is 10.2. The summed E-state index contributed by atoms with van der Waals surface area (Å²) in [4.78, 5) is 14.3. The lowest BCUT2D eigenvalue weighted by Crippen LogP contribution is -2.22. The van der Waals surface area contributed by atoms with Crippen LogP contribution < -0.4 is 10.5 Å². The molecular weight excluding hydrogens is 250 g/mol. The third-order valence-corrected chi connectivity index (χ3v) is 3.32. The molecule has 2 rings (SSSR count). The molecule has 0 saturated carbocycles. The minimum atomic E-state index is -0.286. The van der Waals surface area contributed by atoms with E-state index in [2.05, 4.69) is 18.7 Å². The molecule has 4 heteroatoms. The Bertz CT molecular complexity index is 676. The molecule has 0 N–H and O–H groups in total. The molecular formula is C16H17N3O. The van der Waals surface area contributed by atoms with Gasteiger partial charge in [0.2, 0.25) is 0 Å². The topological polar surface area (TPSA) is 49.0 Å². The van der Waals surface area contributed by atoms with E-state index in [1.54, 1.807) is 12.3 Å². The highest BCUT2D eigenvalue weighted by Crippen LogP contribution is 2.16. The molecule has 4 nitrogen and oxygen atoms in total. The fourth-order valence-corrected chi connectivity index (χ4v) is 2.20. The first-order valence-electron chi connectivity index (χ1n) is 6.68. The smallest absolute Gasteiger partial charge is 0.272 e. The Morgan fingerprint density at radius 1 is 1.15 bits per heavy atom. The fourth-order valence-electron chi connectivity index (χ4n) is 2.20. The Kier molecular flexibility index (Phi) is 4.21. The second-order valence-electron chi connectivity index (χ2n) is 4.40. The highest BCUT2D eigenvalue weighted by Gasteiger charge is 2.05. The average Bonchev–Trinajstić information content (AvgIpc) is 2.50. The zero-order chi connectivity index (χ0) is 14.5. The Hall–Kier alpha value is -2.54. The van der Waals surface area contributed by atoms with Crippen LogP contribution in [0.25, 0.3) is 5.69 Å². The van der Waals surface area contributed by atoms with Crippen LogP contribution in [0.4, 0.5) is 5.69 Å². The first kappa shape index (κ1) is 13.9. The van der Waals surface area contributed by atoms with E-state index in [1.807, 2.05) is 30.3 Å². The van der Waals surface area contributed by atoms with Gasteiger partial charge >= 0.3 is 0 Å². The van der Waals surface area contributed by atoms with Gasteiger partial charge in [0, 0.05) is 30.7 Å². The molecule has 20 heavy (non-hydrogen) atoms. The van der Waals surface area contributed by atoms with Crippen LogP contribution in [0.1, 0.15) is 19.4 Å². The van der Waals surface area contributed by atoms with Crippen molar-refractivity contribution in [2.24, 2.45) is 0 Å². The van der Waals surface area contributed by atoms with E-state index in [0.29, 0.717) is 0 Å². The average molecular weight is 267 g/mol. The van der Waals surface area contributed by atoms with E-state index in [4.69, 9.17) is 5.26 Å². The number of benzene rings is 1. The number of anilines is 1. The van der Waals surface area contributed by atoms with Crippen molar-refractivity contribution in [3.05, 3.63) is 58.5 Å². The molecule has 0 radical (unpaired) electrons. The molecule has 0 aliphatic heterocycles. The summed E-state index contributed by atoms with van der Waals surface area (Å²) in [5.41, 5.74) is 1.76. The maximum absolute atomic E-state index is 12.1. The lowest BCUT2D eigenvalue weighted by molar-refractivity contribution is 0.865. The quantitative estimate of drug-likeness (QED) is 0.855. The predicted molar refractivity (Wildman–Crippen MR) is 80.3 cm³/mol. The summed E-state index contributed by atoms with van der Waals surface area (Å²) in [6.45, 7) is 6.11. The van der Waals surface area contributed by atoms with Crippen LogP contribution >= 0.6 is 0 Å². The maximum atomic E-state index is 12.1. The second kappa shape index (κ2) is 6.07. The summed E-state index contributed by atoms with van der Waals surface area (Å²) in [5.74, 6) is 0. The van der Waals surface area contributed by atoms with Crippen LogP contribution in [-0.4, -0.2) is 17.7 Å². The molecule has 0 fully saturated rings. The number of hydrogen-bond donors (Lipinski definition) is 0. The number of rotatable bonds is 4. The Morgan fingerprint density at radius 2 is 1.80 bits per heavy atom. The summed E-state index contributed by atoms with van der Waals surface area (Å²) in [5, 5.41) is 8.90. The van der Waals surface area contributed by atoms with Gasteiger partial charge in [-0.05, 0) is 50.2 Å². The van der Waals surface area contributed by atoms with Gasteiger partial charge in [0.15, 0.2) is 0 Å². The molecule has 1 aromatic carbocycles. The van der Waals surface area contributed by atoms with Crippen molar-refractivity contribution in [2.75, 3.05) is 18.0 Å². The molecule has 0 spiro atoms. The van der Waals surface area contributed by atoms with Crippen molar-refractivity contribution in [1.82, 2.24) is 4.57 Å². The Balaban J connectivity index is 2.41. The molecule has 0 atom stereocenters. The number of nitrogens with zero attached hydrogens (tertiary/aromatic N) is 3. The zero-order valence-electron chi connectivity index (χ0n) is 11.7. The third kappa shape index (κ3) is 2.57. The van der Waals surface area contributed by atoms with Crippen molar-refractivity contribution in [3.8, 4) is 11.8 Å². The first-order valence-corrected chi connectivity index (χ1v) is 6.68. The van der Waals surface area contributed by atoms with Gasteiger partial charge in [-0.3, -0.25) is 9.36 Å². The molecule has 102 valence electrons. The summed E-state index contributed by atoms with van der Waals surface area (Å²) in [6.07, 6.45) is 1.68. The summed E-state index contributed by atoms with van der Waals surface area (Å²) in [7, 11) is 0. The van der Waals surface area contributed by atoms with Crippen LogP contribution in [0, 0.1) is 11.3 Å². The largest absolute Gasteiger partial charge is 0.372 e. The standard InChI is InChI=1S/C16H17N3O/c1-3-18(4-2)14-7-9-15(10-8-14)19-11-5-6-13(12-17)16(19)20/h5-11H,3-4H2,1-2H3. The van der Waals surface area contributed by atoms with Gasteiger partial charge in [0.1, 0.15) is 11.6 Å². The van der Waals surface area contributed by atoms with Crippen LogP contribution in [0.2, 0.25) is 0 Å². The van der Waals surface area contributed by atoms with Crippen molar-refractivity contribution in [2.45, 2.75) is 13.8 Å². The molecule has 0 amide bonds. The normalized spacial score (nSPS) is 10.1. The van der Waals surface area contributed by atoms with Gasteiger partial charge in [-0.15, -0.1) is 0 Å². The van der Waals surface area contributed by atoms with Crippen molar-refractivity contribution < 1.29 is 0 Å². The maximum Gasteiger partial charge on any atom is 0.272 e. The molecule has 2 aromatic rings. The van der Waals surface area contributed by atoms with E-state index in [0.717, 1.165) is 24.5 Å². The molecule has 0 saturated heterocycles. The summed E-state index contributed by atoms with van der Waals surface area (Å²) >= 11 is 0. The first-order chi connectivity index (χ1) is 9.71. The third-order valence-electron chi connectivity index (χ3n) is 3.32. The number of pyridine rings is 1. The van der Waals surface area contributed by atoms with Crippen LogP contribution in [-0.2, 0) is 0 Å². The molecule has 0 aliphatic rings. The minimum absolute atomic E-state index is 0.153. The van der Waals surface area contributed by atoms with Crippen molar-refractivity contribution in [1.29, 1.82) is 5.26 Å². The molecule has 0 bridgehead atoms. The number of hydrogen-bond acceptors (Lipinski definition) is 3. The van der Waals surface area contributed by atoms with E-state index in [-0.39, 0.29) is 11.1 Å². The number of nitriles is 1. The van der Waals surface area contributed by atoms with Gasteiger partial charge in [0.25, 0.3) is 5.56 Å².